The van der Waals surface area contributed by atoms with E-state index in [0.29, 0.717) is 53.4 Å². The van der Waals surface area contributed by atoms with E-state index >= 15 is 4.39 Å². The summed E-state index contributed by atoms with van der Waals surface area (Å²) in [4.78, 5) is 41.0. The summed E-state index contributed by atoms with van der Waals surface area (Å²) in [6.07, 6.45) is 3.82. The molecule has 0 fully saturated rings. The molecular formula is C39H41F2N7O4S. The minimum Gasteiger partial charge on any atom is -0.490 e. The monoisotopic (exact) mass is 741 g/mol. The molecule has 2 amide bonds. The number of hydrogen-bond acceptors (Lipinski definition) is 9. The summed E-state index contributed by atoms with van der Waals surface area (Å²) in [5.41, 5.74) is 5.44. The fourth-order valence-electron chi connectivity index (χ4n) is 7.29. The van der Waals surface area contributed by atoms with Gasteiger partial charge in [-0.3, -0.25) is 24.2 Å². The topological polar surface area (TPSA) is 106 Å². The molecule has 1 aromatic carbocycles. The summed E-state index contributed by atoms with van der Waals surface area (Å²) < 4.78 is 44.7. The Kier molecular flexibility index (Phi) is 10.1. The molecule has 2 aliphatic rings. The van der Waals surface area contributed by atoms with Crippen molar-refractivity contribution in [2.75, 3.05) is 47.5 Å². The number of hydrogen-bond donors (Lipinski definition) is 0. The fraction of sp³-hybridized carbons (Fsp3) is 0.359. The van der Waals surface area contributed by atoms with Crippen molar-refractivity contribution in [1.29, 1.82) is 0 Å². The van der Waals surface area contributed by atoms with Crippen LogP contribution in [0.5, 0.6) is 5.75 Å². The summed E-state index contributed by atoms with van der Waals surface area (Å²) in [5, 5.41) is 7.68. The molecule has 7 rings (SSSR count). The normalized spacial score (nSPS) is 17.1. The summed E-state index contributed by atoms with van der Waals surface area (Å²) in [5.74, 6) is -1.72. The van der Waals surface area contributed by atoms with Gasteiger partial charge in [0.05, 0.1) is 42.7 Å². The van der Waals surface area contributed by atoms with Crippen molar-refractivity contribution in [1.82, 2.24) is 34.4 Å². The molecule has 5 aromatic rings. The highest BCUT2D eigenvalue weighted by atomic mass is 32.1. The Hall–Kier alpha value is -5.05. The number of thiophene rings is 1. The minimum absolute atomic E-state index is 0.0153. The Bertz CT molecular complexity index is 2230. The van der Waals surface area contributed by atoms with Crippen LogP contribution in [-0.2, 0) is 33.8 Å². The maximum absolute atomic E-state index is 16.2. The lowest BCUT2D eigenvalue weighted by Crippen LogP contribution is -2.46. The largest absolute Gasteiger partial charge is 0.490 e. The molecule has 0 spiro atoms. The highest BCUT2D eigenvalue weighted by molar-refractivity contribution is 7.18. The Morgan fingerprint density at radius 1 is 1.11 bits per heavy atom. The zero-order valence-corrected chi connectivity index (χ0v) is 31.2. The molecule has 276 valence electrons. The quantitative estimate of drug-likeness (QED) is 0.125. The Balaban J connectivity index is 1.43. The molecule has 0 bridgehead atoms. The van der Waals surface area contributed by atoms with Crippen LogP contribution in [0.2, 0.25) is 0 Å². The van der Waals surface area contributed by atoms with Crippen molar-refractivity contribution < 1.29 is 27.8 Å². The van der Waals surface area contributed by atoms with E-state index in [1.807, 2.05) is 36.0 Å². The average molecular weight is 742 g/mol. The number of likely N-dealkylation sites (N-methyl/N-ethyl adjacent to an activating group) is 1. The van der Waals surface area contributed by atoms with E-state index in [1.54, 1.807) is 30.1 Å². The number of carbonyl (C=O) groups excluding carboxylic acids is 2. The first kappa shape index (κ1) is 36.3. The lowest BCUT2D eigenvalue weighted by Gasteiger charge is -2.38. The van der Waals surface area contributed by atoms with E-state index in [0.717, 1.165) is 40.5 Å². The van der Waals surface area contributed by atoms with Crippen LogP contribution in [0.25, 0.3) is 43.9 Å². The fourth-order valence-corrected chi connectivity index (χ4v) is 8.24. The number of aromatic nitrogens is 4. The average Bonchev–Trinajstić information content (AvgIpc) is 3.79. The molecule has 0 radical (unpaired) electrons. The van der Waals surface area contributed by atoms with Gasteiger partial charge in [0.25, 0.3) is 0 Å². The third-order valence-corrected chi connectivity index (χ3v) is 10.8. The lowest BCUT2D eigenvalue weighted by atomic mass is 9.95. The molecular weight excluding hydrogens is 701 g/mol. The molecule has 0 aliphatic carbocycles. The Labute approximate surface area is 310 Å². The van der Waals surface area contributed by atoms with Gasteiger partial charge in [0.1, 0.15) is 35.4 Å². The van der Waals surface area contributed by atoms with Crippen molar-refractivity contribution in [2.45, 2.75) is 45.4 Å². The summed E-state index contributed by atoms with van der Waals surface area (Å²) >= 11 is 1.41. The molecule has 2 atom stereocenters. The maximum Gasteiger partial charge on any atom is 0.246 e. The van der Waals surface area contributed by atoms with Crippen LogP contribution in [0.3, 0.4) is 0 Å². The molecule has 0 N–H and O–H groups in total. The molecule has 0 saturated carbocycles. The zero-order chi connectivity index (χ0) is 37.6. The van der Waals surface area contributed by atoms with Crippen molar-refractivity contribution >= 4 is 33.2 Å². The standard InChI is InChI=1S/C39H41F2N7O4S/c1-7-33(49)48-22(2)19-47-31(23(48)3)17-30(44-47)38-36(35-28(41)15-26(40)16-32(35)52-12-11-51-6)39-27(9-13-53-39)37(43-38)24-14-25-20-46(21-34(50)45(4)5)10-8-29(25)42-18-24/h7,9,13-18,22-23H,1,8,10-12,19-21H2,2-6H3/t22-,23+/m0/s1. The Morgan fingerprint density at radius 3 is 2.68 bits per heavy atom. The summed E-state index contributed by atoms with van der Waals surface area (Å²) in [6, 6.07) is 7.40. The molecule has 0 saturated heterocycles. The van der Waals surface area contributed by atoms with Crippen molar-refractivity contribution in [3.8, 4) is 39.5 Å². The molecule has 14 heteroatoms. The van der Waals surface area contributed by atoms with Gasteiger partial charge in [-0.15, -0.1) is 11.3 Å². The third-order valence-electron chi connectivity index (χ3n) is 9.91. The summed E-state index contributed by atoms with van der Waals surface area (Å²) in [6.45, 7) is 9.88. The van der Waals surface area contributed by atoms with E-state index in [9.17, 15) is 14.0 Å². The number of pyridine rings is 2. The maximum atomic E-state index is 16.2. The first-order valence-corrected chi connectivity index (χ1v) is 18.3. The Morgan fingerprint density at radius 2 is 1.92 bits per heavy atom. The zero-order valence-electron chi connectivity index (χ0n) is 30.4. The second-order valence-electron chi connectivity index (χ2n) is 13.6. The van der Waals surface area contributed by atoms with Gasteiger partial charge >= 0.3 is 0 Å². The van der Waals surface area contributed by atoms with Crippen LogP contribution < -0.4 is 4.74 Å². The summed E-state index contributed by atoms with van der Waals surface area (Å²) in [7, 11) is 5.02. The van der Waals surface area contributed by atoms with Crippen LogP contribution in [-0.4, -0.2) is 99.8 Å². The van der Waals surface area contributed by atoms with Gasteiger partial charge in [0.15, 0.2) is 0 Å². The molecule has 0 unspecified atom stereocenters. The first-order chi connectivity index (χ1) is 25.5. The predicted octanol–water partition coefficient (Wildman–Crippen LogP) is 6.12. The van der Waals surface area contributed by atoms with Crippen LogP contribution in [0.4, 0.5) is 8.78 Å². The highest BCUT2D eigenvalue weighted by Crippen LogP contribution is 2.47. The van der Waals surface area contributed by atoms with Crippen LogP contribution in [0.1, 0.15) is 36.8 Å². The second kappa shape index (κ2) is 14.8. The molecule has 4 aromatic heterocycles. The molecule has 11 nitrogen and oxygen atoms in total. The number of halogens is 2. The van der Waals surface area contributed by atoms with Crippen molar-refractivity contribution in [3.05, 3.63) is 83.1 Å². The van der Waals surface area contributed by atoms with Crippen molar-refractivity contribution in [3.63, 3.8) is 0 Å². The first-order valence-electron chi connectivity index (χ1n) is 17.4. The number of carbonyl (C=O) groups is 2. The van der Waals surface area contributed by atoms with Gasteiger partial charge in [-0.05, 0) is 49.1 Å². The minimum atomic E-state index is -0.806. The van der Waals surface area contributed by atoms with Gasteiger partial charge in [0, 0.05) is 92.0 Å². The lowest BCUT2D eigenvalue weighted by molar-refractivity contribution is -0.132. The smallest absolute Gasteiger partial charge is 0.246 e. The number of fused-ring (bicyclic) bond motifs is 3. The highest BCUT2D eigenvalue weighted by Gasteiger charge is 2.35. The number of nitrogens with zero attached hydrogens (tertiary/aromatic N) is 7. The van der Waals surface area contributed by atoms with Crippen molar-refractivity contribution in [2.24, 2.45) is 0 Å². The van der Waals surface area contributed by atoms with E-state index in [-0.39, 0.29) is 48.4 Å². The van der Waals surface area contributed by atoms with Crippen LogP contribution in [0.15, 0.2) is 54.6 Å². The molecule has 2 aliphatic heterocycles. The number of benzene rings is 1. The van der Waals surface area contributed by atoms with Gasteiger partial charge in [0.2, 0.25) is 11.8 Å². The van der Waals surface area contributed by atoms with E-state index in [1.165, 1.54) is 30.6 Å². The van der Waals surface area contributed by atoms with E-state index in [2.05, 4.69) is 17.5 Å². The van der Waals surface area contributed by atoms with Gasteiger partial charge in [-0.2, -0.15) is 5.10 Å². The molecule has 53 heavy (non-hydrogen) atoms. The number of ether oxygens (including phenoxy) is 2. The number of rotatable bonds is 10. The third kappa shape index (κ3) is 6.82. The van der Waals surface area contributed by atoms with Gasteiger partial charge in [-0.1, -0.05) is 6.58 Å². The van der Waals surface area contributed by atoms with Gasteiger partial charge < -0.3 is 19.3 Å². The number of methoxy groups -OCH3 is 1. The van der Waals surface area contributed by atoms with Gasteiger partial charge in [-0.25, -0.2) is 13.8 Å². The van der Waals surface area contributed by atoms with E-state index in [4.69, 9.17) is 24.5 Å². The number of amides is 2. The SMILES string of the molecule is C=CC(=O)N1[C@H](C)c2cc(-c3nc(-c4cnc5c(c4)CN(CC(=O)N(C)C)CC5)c4ccsc4c3-c3c(F)cc(F)cc3OCCOC)nn2C[C@@H]1C. The second-order valence-corrected chi connectivity index (χ2v) is 14.6. The van der Waals surface area contributed by atoms with Crippen LogP contribution in [0, 0.1) is 11.6 Å². The predicted molar refractivity (Wildman–Crippen MR) is 199 cm³/mol. The molecule has 6 heterocycles. The van der Waals surface area contributed by atoms with E-state index < -0.39 is 11.6 Å². The van der Waals surface area contributed by atoms with Crippen LogP contribution >= 0.6 is 11.3 Å².